The molecule has 1 aliphatic carbocycles. The molecule has 2 aromatic carbocycles. The summed E-state index contributed by atoms with van der Waals surface area (Å²) in [6, 6.07) is 15.4. The van der Waals surface area contributed by atoms with Crippen LogP contribution in [0.5, 0.6) is 5.75 Å². The first-order valence-corrected chi connectivity index (χ1v) is 12.1. The molecule has 0 aliphatic heterocycles. The lowest BCUT2D eigenvalue weighted by Gasteiger charge is -2.32. The standard InChI is InChI=1S/C23H29N3O4S/c1-2-30-21-15-13-19(14-16-21)17-24-25-23(27)18-26(20-9-5-3-6-10-20)31(28,29)22-11-7-4-8-12-22/h4,7-8,11-17,20H,2-3,5-6,9-10,18H2,1H3,(H,25,27)/b24-17+. The summed E-state index contributed by atoms with van der Waals surface area (Å²) in [6.07, 6.45) is 6.05. The molecule has 166 valence electrons. The maximum atomic E-state index is 13.2. The first-order valence-electron chi connectivity index (χ1n) is 10.6. The third-order valence-corrected chi connectivity index (χ3v) is 7.14. The number of amides is 1. The molecule has 1 fully saturated rings. The lowest BCUT2D eigenvalue weighted by Crippen LogP contribution is -2.46. The van der Waals surface area contributed by atoms with Gasteiger partial charge in [0.25, 0.3) is 5.91 Å². The molecule has 1 amide bonds. The second-order valence-corrected chi connectivity index (χ2v) is 9.34. The van der Waals surface area contributed by atoms with Crippen molar-refractivity contribution in [3.8, 4) is 5.75 Å². The third-order valence-electron chi connectivity index (χ3n) is 5.23. The molecule has 1 N–H and O–H groups in total. The number of sulfonamides is 1. The summed E-state index contributed by atoms with van der Waals surface area (Å²) < 4.78 is 33.2. The molecule has 0 saturated heterocycles. The van der Waals surface area contributed by atoms with Crippen LogP contribution in [0.2, 0.25) is 0 Å². The highest BCUT2D eigenvalue weighted by Gasteiger charge is 2.33. The van der Waals surface area contributed by atoms with Gasteiger partial charge in [-0.15, -0.1) is 0 Å². The minimum Gasteiger partial charge on any atom is -0.494 e. The highest BCUT2D eigenvalue weighted by atomic mass is 32.2. The molecule has 0 heterocycles. The fourth-order valence-corrected chi connectivity index (χ4v) is 5.34. The number of hydrogen-bond donors (Lipinski definition) is 1. The molecule has 0 aromatic heterocycles. The highest BCUT2D eigenvalue weighted by Crippen LogP contribution is 2.27. The fraction of sp³-hybridized carbons (Fsp3) is 0.391. The van der Waals surface area contributed by atoms with Crippen molar-refractivity contribution in [3.63, 3.8) is 0 Å². The summed E-state index contributed by atoms with van der Waals surface area (Å²) in [5.41, 5.74) is 3.25. The highest BCUT2D eigenvalue weighted by molar-refractivity contribution is 7.89. The summed E-state index contributed by atoms with van der Waals surface area (Å²) >= 11 is 0. The largest absolute Gasteiger partial charge is 0.494 e. The molecule has 3 rings (SSSR count). The molecule has 31 heavy (non-hydrogen) atoms. The average molecular weight is 444 g/mol. The van der Waals surface area contributed by atoms with Crippen molar-refractivity contribution in [2.45, 2.75) is 50.0 Å². The van der Waals surface area contributed by atoms with E-state index in [2.05, 4.69) is 10.5 Å². The molecule has 2 aromatic rings. The van der Waals surface area contributed by atoms with Crippen LogP contribution in [0.15, 0.2) is 64.6 Å². The Morgan fingerprint density at radius 3 is 2.42 bits per heavy atom. The molecule has 0 unspecified atom stereocenters. The number of hydrogen-bond acceptors (Lipinski definition) is 5. The van der Waals surface area contributed by atoms with Crippen LogP contribution in [0.1, 0.15) is 44.6 Å². The van der Waals surface area contributed by atoms with Crippen molar-refractivity contribution in [2.75, 3.05) is 13.2 Å². The molecule has 0 bridgehead atoms. The first-order chi connectivity index (χ1) is 15.0. The van der Waals surface area contributed by atoms with Crippen LogP contribution in [-0.2, 0) is 14.8 Å². The quantitative estimate of drug-likeness (QED) is 0.474. The summed E-state index contributed by atoms with van der Waals surface area (Å²) in [6.45, 7) is 2.24. The maximum Gasteiger partial charge on any atom is 0.255 e. The van der Waals surface area contributed by atoms with Gasteiger partial charge < -0.3 is 4.74 Å². The topological polar surface area (TPSA) is 88.1 Å². The SMILES string of the molecule is CCOc1ccc(/C=N/NC(=O)CN(C2CCCCC2)S(=O)(=O)c2ccccc2)cc1. The van der Waals surface area contributed by atoms with E-state index in [9.17, 15) is 13.2 Å². The summed E-state index contributed by atoms with van der Waals surface area (Å²) in [5, 5.41) is 3.98. The van der Waals surface area contributed by atoms with Gasteiger partial charge in [0.05, 0.1) is 24.3 Å². The Morgan fingerprint density at radius 2 is 1.77 bits per heavy atom. The van der Waals surface area contributed by atoms with Crippen molar-refractivity contribution in [3.05, 3.63) is 60.2 Å². The zero-order valence-corrected chi connectivity index (χ0v) is 18.6. The number of carbonyl (C=O) groups excluding carboxylic acids is 1. The predicted molar refractivity (Wildman–Crippen MR) is 121 cm³/mol. The van der Waals surface area contributed by atoms with E-state index in [0.29, 0.717) is 6.61 Å². The van der Waals surface area contributed by atoms with Crippen molar-refractivity contribution < 1.29 is 17.9 Å². The number of ether oxygens (including phenoxy) is 1. The monoisotopic (exact) mass is 443 g/mol. The van der Waals surface area contributed by atoms with E-state index in [1.165, 1.54) is 10.5 Å². The van der Waals surface area contributed by atoms with E-state index in [1.54, 1.807) is 30.3 Å². The Labute approximate surface area is 184 Å². The second kappa shape index (κ2) is 11.1. The maximum absolute atomic E-state index is 13.2. The lowest BCUT2D eigenvalue weighted by molar-refractivity contribution is -0.121. The Balaban J connectivity index is 1.68. The van der Waals surface area contributed by atoms with Gasteiger partial charge in [-0.1, -0.05) is 37.5 Å². The summed E-state index contributed by atoms with van der Waals surface area (Å²) in [7, 11) is -3.78. The van der Waals surface area contributed by atoms with E-state index >= 15 is 0 Å². The van der Waals surface area contributed by atoms with E-state index in [4.69, 9.17) is 4.74 Å². The molecule has 1 aliphatic rings. The van der Waals surface area contributed by atoms with Gasteiger partial charge in [-0.2, -0.15) is 9.41 Å². The smallest absolute Gasteiger partial charge is 0.255 e. The zero-order valence-electron chi connectivity index (χ0n) is 17.7. The fourth-order valence-electron chi connectivity index (χ4n) is 3.68. The van der Waals surface area contributed by atoms with Crippen molar-refractivity contribution in [1.82, 2.24) is 9.73 Å². The summed E-state index contributed by atoms with van der Waals surface area (Å²) in [5.74, 6) is 0.296. The van der Waals surface area contributed by atoms with Gasteiger partial charge in [0, 0.05) is 6.04 Å². The molecule has 1 saturated carbocycles. The number of hydrazone groups is 1. The number of nitrogens with zero attached hydrogens (tertiary/aromatic N) is 2. The van der Waals surface area contributed by atoms with Crippen LogP contribution in [0.25, 0.3) is 0 Å². The number of rotatable bonds is 9. The Bertz CT molecular complexity index is 970. The van der Waals surface area contributed by atoms with Crippen LogP contribution in [0.3, 0.4) is 0 Å². The molecular formula is C23H29N3O4S. The molecular weight excluding hydrogens is 414 g/mol. The number of carbonyl (C=O) groups is 1. The van der Waals surface area contributed by atoms with Gasteiger partial charge in [-0.25, -0.2) is 13.8 Å². The Kier molecular flexibility index (Phi) is 8.20. The molecule has 0 radical (unpaired) electrons. The van der Waals surface area contributed by atoms with Crippen LogP contribution < -0.4 is 10.2 Å². The van der Waals surface area contributed by atoms with Crippen LogP contribution in [-0.4, -0.2) is 44.0 Å². The lowest BCUT2D eigenvalue weighted by atomic mass is 9.95. The average Bonchev–Trinajstić information content (AvgIpc) is 2.80. The molecule has 0 atom stereocenters. The van der Waals surface area contributed by atoms with E-state index < -0.39 is 15.9 Å². The minimum atomic E-state index is -3.78. The second-order valence-electron chi connectivity index (χ2n) is 7.45. The van der Waals surface area contributed by atoms with Crippen molar-refractivity contribution in [1.29, 1.82) is 0 Å². The third kappa shape index (κ3) is 6.38. The minimum absolute atomic E-state index is 0.181. The Hall–Kier alpha value is -2.71. The molecule has 0 spiro atoms. The van der Waals surface area contributed by atoms with Crippen LogP contribution >= 0.6 is 0 Å². The van der Waals surface area contributed by atoms with Crippen LogP contribution in [0, 0.1) is 0 Å². The van der Waals surface area contributed by atoms with E-state index in [1.807, 2.05) is 31.2 Å². The van der Waals surface area contributed by atoms with Gasteiger partial charge in [0.15, 0.2) is 0 Å². The Morgan fingerprint density at radius 1 is 1.10 bits per heavy atom. The molecule has 8 heteroatoms. The van der Waals surface area contributed by atoms with Crippen molar-refractivity contribution >= 4 is 22.1 Å². The van der Waals surface area contributed by atoms with Gasteiger partial charge in [0.1, 0.15) is 5.75 Å². The molecule has 7 nitrogen and oxygen atoms in total. The normalized spacial score (nSPS) is 15.3. The van der Waals surface area contributed by atoms with E-state index in [0.717, 1.165) is 43.4 Å². The first kappa shape index (κ1) is 23.0. The van der Waals surface area contributed by atoms with Gasteiger partial charge in [0.2, 0.25) is 10.0 Å². The van der Waals surface area contributed by atoms with Crippen molar-refractivity contribution in [2.24, 2.45) is 5.10 Å². The summed E-state index contributed by atoms with van der Waals surface area (Å²) in [4.78, 5) is 12.8. The number of nitrogens with one attached hydrogen (secondary N) is 1. The van der Waals surface area contributed by atoms with Crippen LogP contribution in [0.4, 0.5) is 0 Å². The predicted octanol–water partition coefficient (Wildman–Crippen LogP) is 3.56. The van der Waals surface area contributed by atoms with Gasteiger partial charge >= 0.3 is 0 Å². The van der Waals surface area contributed by atoms with Gasteiger partial charge in [-0.05, 0) is 61.7 Å². The van der Waals surface area contributed by atoms with E-state index in [-0.39, 0.29) is 17.5 Å². The van der Waals surface area contributed by atoms with Gasteiger partial charge in [-0.3, -0.25) is 4.79 Å². The number of benzene rings is 2. The zero-order chi connectivity index (χ0) is 22.1.